The Labute approximate surface area is 143 Å². The van der Waals surface area contributed by atoms with Crippen LogP contribution >= 0.6 is 0 Å². The van der Waals surface area contributed by atoms with E-state index in [1.165, 1.54) is 48.8 Å². The molecule has 3 aliphatic rings. The van der Waals surface area contributed by atoms with Gasteiger partial charge in [-0.3, -0.25) is 4.90 Å². The van der Waals surface area contributed by atoms with E-state index in [1.807, 2.05) is 12.3 Å². The SMILES string of the molecule is Oc1ccc2c(c1)[C@]13CCCC[C@H]1[C@H](C2)N(Cc1ccoc1)CC3. The molecule has 1 aromatic carbocycles. The molecule has 0 amide bonds. The highest BCUT2D eigenvalue weighted by atomic mass is 16.3. The number of nitrogens with zero attached hydrogens (tertiary/aromatic N) is 1. The van der Waals surface area contributed by atoms with Crippen LogP contribution in [0.15, 0.2) is 41.2 Å². The minimum Gasteiger partial charge on any atom is -0.508 e. The number of likely N-dealkylation sites (tertiary alicyclic amines) is 1. The van der Waals surface area contributed by atoms with Crippen LogP contribution in [0.1, 0.15) is 48.8 Å². The van der Waals surface area contributed by atoms with Crippen molar-refractivity contribution in [1.82, 2.24) is 4.90 Å². The molecule has 2 bridgehead atoms. The van der Waals surface area contributed by atoms with E-state index < -0.39 is 0 Å². The van der Waals surface area contributed by atoms with Crippen molar-refractivity contribution in [1.29, 1.82) is 0 Å². The van der Waals surface area contributed by atoms with Crippen molar-refractivity contribution in [3.63, 3.8) is 0 Å². The first-order valence-electron chi connectivity index (χ1n) is 9.34. The summed E-state index contributed by atoms with van der Waals surface area (Å²) in [6.45, 7) is 2.16. The lowest BCUT2D eigenvalue weighted by Gasteiger charge is -2.59. The van der Waals surface area contributed by atoms with Crippen molar-refractivity contribution >= 4 is 0 Å². The first-order chi connectivity index (χ1) is 11.8. The number of furan rings is 1. The van der Waals surface area contributed by atoms with Crippen LogP contribution in [-0.4, -0.2) is 22.6 Å². The molecule has 3 heteroatoms. The van der Waals surface area contributed by atoms with Gasteiger partial charge in [-0.15, -0.1) is 0 Å². The molecule has 0 unspecified atom stereocenters. The fraction of sp³-hybridized carbons (Fsp3) is 0.524. The molecule has 24 heavy (non-hydrogen) atoms. The van der Waals surface area contributed by atoms with Gasteiger partial charge in [-0.2, -0.15) is 0 Å². The number of phenols is 1. The maximum atomic E-state index is 10.1. The summed E-state index contributed by atoms with van der Waals surface area (Å²) in [5.74, 6) is 1.17. The van der Waals surface area contributed by atoms with Crippen LogP contribution in [-0.2, 0) is 18.4 Å². The molecule has 0 spiro atoms. The average molecular weight is 323 g/mol. The fourth-order valence-corrected chi connectivity index (χ4v) is 5.89. The number of aromatic hydroxyl groups is 1. The van der Waals surface area contributed by atoms with Gasteiger partial charge in [0.2, 0.25) is 0 Å². The maximum Gasteiger partial charge on any atom is 0.115 e. The van der Waals surface area contributed by atoms with Crippen molar-refractivity contribution in [3.8, 4) is 5.75 Å². The van der Waals surface area contributed by atoms with E-state index in [4.69, 9.17) is 4.42 Å². The van der Waals surface area contributed by atoms with Gasteiger partial charge in [0, 0.05) is 23.6 Å². The second-order valence-electron chi connectivity index (χ2n) is 7.97. The third-order valence-electron chi connectivity index (χ3n) is 6.90. The summed E-state index contributed by atoms with van der Waals surface area (Å²) in [6, 6.07) is 8.85. The normalized spacial score (nSPS) is 32.2. The van der Waals surface area contributed by atoms with Crippen LogP contribution < -0.4 is 0 Å². The molecule has 2 aliphatic carbocycles. The Morgan fingerprint density at radius 2 is 2.17 bits per heavy atom. The van der Waals surface area contributed by atoms with Crippen molar-refractivity contribution in [3.05, 3.63) is 53.5 Å². The Kier molecular flexibility index (Phi) is 3.27. The lowest BCUT2D eigenvalue weighted by molar-refractivity contribution is -0.0158. The number of hydrogen-bond acceptors (Lipinski definition) is 3. The van der Waals surface area contributed by atoms with Crippen molar-refractivity contribution in [2.75, 3.05) is 6.54 Å². The molecule has 3 atom stereocenters. The summed E-state index contributed by atoms with van der Waals surface area (Å²) in [5.41, 5.74) is 4.52. The Hall–Kier alpha value is -1.74. The van der Waals surface area contributed by atoms with Crippen LogP contribution in [0.25, 0.3) is 0 Å². The predicted octanol–water partition coefficient (Wildman–Crippen LogP) is 4.24. The summed E-state index contributed by atoms with van der Waals surface area (Å²) >= 11 is 0. The zero-order valence-electron chi connectivity index (χ0n) is 14.1. The Morgan fingerprint density at radius 1 is 1.21 bits per heavy atom. The largest absolute Gasteiger partial charge is 0.508 e. The van der Waals surface area contributed by atoms with Crippen LogP contribution in [0.3, 0.4) is 0 Å². The van der Waals surface area contributed by atoms with Crippen molar-refractivity contribution < 1.29 is 9.52 Å². The number of rotatable bonds is 2. The smallest absolute Gasteiger partial charge is 0.115 e. The molecule has 1 N–H and O–H groups in total. The van der Waals surface area contributed by atoms with E-state index in [0.717, 1.165) is 25.4 Å². The quantitative estimate of drug-likeness (QED) is 0.898. The molecule has 1 aromatic heterocycles. The van der Waals surface area contributed by atoms with Gasteiger partial charge in [-0.05, 0) is 67.5 Å². The zero-order valence-corrected chi connectivity index (χ0v) is 14.1. The number of piperidine rings is 1. The van der Waals surface area contributed by atoms with Gasteiger partial charge in [0.1, 0.15) is 5.75 Å². The molecular weight excluding hydrogens is 298 g/mol. The summed E-state index contributed by atoms with van der Waals surface area (Å²) in [6.07, 6.45) is 11.3. The van der Waals surface area contributed by atoms with Crippen molar-refractivity contribution in [2.24, 2.45) is 5.92 Å². The van der Waals surface area contributed by atoms with E-state index in [0.29, 0.717) is 17.2 Å². The highest BCUT2D eigenvalue weighted by Crippen LogP contribution is 2.56. The van der Waals surface area contributed by atoms with Crippen LogP contribution in [0.5, 0.6) is 5.75 Å². The number of fused-ring (bicyclic) bond motifs is 1. The monoisotopic (exact) mass is 323 g/mol. The summed E-state index contributed by atoms with van der Waals surface area (Å²) in [7, 11) is 0. The zero-order chi connectivity index (χ0) is 16.1. The van der Waals surface area contributed by atoms with Crippen molar-refractivity contribution in [2.45, 2.75) is 56.5 Å². The molecule has 0 radical (unpaired) electrons. The molecule has 1 saturated carbocycles. The summed E-state index contributed by atoms with van der Waals surface area (Å²) in [4.78, 5) is 2.69. The Balaban J connectivity index is 1.56. The van der Waals surface area contributed by atoms with Gasteiger partial charge in [0.25, 0.3) is 0 Å². The number of phenolic OH excluding ortho intramolecular Hbond substituents is 1. The highest BCUT2D eigenvalue weighted by molar-refractivity contribution is 5.45. The van der Waals surface area contributed by atoms with E-state index in [-0.39, 0.29) is 0 Å². The summed E-state index contributed by atoms with van der Waals surface area (Å²) < 4.78 is 5.28. The maximum absolute atomic E-state index is 10.1. The average Bonchev–Trinajstić information content (AvgIpc) is 3.11. The van der Waals surface area contributed by atoms with Crippen LogP contribution in [0, 0.1) is 5.92 Å². The lowest BCUT2D eigenvalue weighted by Crippen LogP contribution is -2.60. The molecule has 1 aliphatic heterocycles. The summed E-state index contributed by atoms with van der Waals surface area (Å²) in [5, 5.41) is 10.1. The Bertz CT molecular complexity index is 738. The van der Waals surface area contributed by atoms with E-state index in [9.17, 15) is 5.11 Å². The molecule has 126 valence electrons. The molecule has 2 fully saturated rings. The van der Waals surface area contributed by atoms with E-state index in [2.05, 4.69) is 23.1 Å². The van der Waals surface area contributed by atoms with Gasteiger partial charge < -0.3 is 9.52 Å². The number of benzene rings is 1. The first kappa shape index (κ1) is 14.6. The van der Waals surface area contributed by atoms with Gasteiger partial charge in [0.05, 0.1) is 12.5 Å². The molecule has 1 saturated heterocycles. The van der Waals surface area contributed by atoms with Crippen LogP contribution in [0.4, 0.5) is 0 Å². The Morgan fingerprint density at radius 3 is 3.04 bits per heavy atom. The van der Waals surface area contributed by atoms with Gasteiger partial charge in [-0.1, -0.05) is 18.9 Å². The molecule has 2 aromatic rings. The third kappa shape index (κ3) is 2.07. The number of hydrogen-bond donors (Lipinski definition) is 1. The van der Waals surface area contributed by atoms with Gasteiger partial charge in [-0.25, -0.2) is 0 Å². The molecule has 2 heterocycles. The molecule has 3 nitrogen and oxygen atoms in total. The highest BCUT2D eigenvalue weighted by Gasteiger charge is 2.53. The molecular formula is C21H25NO2. The second-order valence-corrected chi connectivity index (χ2v) is 7.97. The minimum atomic E-state index is 0.308. The van der Waals surface area contributed by atoms with E-state index in [1.54, 1.807) is 6.26 Å². The predicted molar refractivity (Wildman–Crippen MR) is 93.0 cm³/mol. The van der Waals surface area contributed by atoms with Crippen LogP contribution in [0.2, 0.25) is 0 Å². The standard InChI is InChI=1S/C21H25NO2/c23-17-5-4-16-11-20-18-3-1-2-7-21(18,19(16)12-17)8-9-22(20)13-15-6-10-24-14-15/h4-6,10,12,14,18,20,23H,1-3,7-9,11,13H2/t18-,20-,21-/m0/s1. The third-order valence-corrected chi connectivity index (χ3v) is 6.90. The van der Waals surface area contributed by atoms with E-state index >= 15 is 0 Å². The fourth-order valence-electron chi connectivity index (χ4n) is 5.89. The lowest BCUT2D eigenvalue weighted by atomic mass is 9.52. The second kappa shape index (κ2) is 5.38. The van der Waals surface area contributed by atoms with Gasteiger partial charge >= 0.3 is 0 Å². The topological polar surface area (TPSA) is 36.6 Å². The first-order valence-corrected chi connectivity index (χ1v) is 9.34. The minimum absolute atomic E-state index is 0.308. The van der Waals surface area contributed by atoms with Gasteiger partial charge in [0.15, 0.2) is 0 Å². The molecule has 5 rings (SSSR count).